The molecule has 2 aromatic carbocycles. The quantitative estimate of drug-likeness (QED) is 0.803. The smallest absolute Gasteiger partial charge is 0.102 e. The Labute approximate surface area is 122 Å². The number of nitrogens with zero attached hydrogens (tertiary/aromatic N) is 1. The van der Waals surface area contributed by atoms with Gasteiger partial charge in [0.15, 0.2) is 0 Å². The number of nitrogens with one attached hydrogen (secondary N) is 1. The van der Waals surface area contributed by atoms with Gasteiger partial charge in [-0.2, -0.15) is 0 Å². The molecule has 0 aliphatic carbocycles. The van der Waals surface area contributed by atoms with Gasteiger partial charge in [0, 0.05) is 21.8 Å². The molecule has 0 saturated carbocycles. The molecule has 19 heavy (non-hydrogen) atoms. The van der Waals surface area contributed by atoms with E-state index in [2.05, 4.69) is 10.3 Å². The van der Waals surface area contributed by atoms with Gasteiger partial charge in [0.2, 0.25) is 0 Å². The Balaban J connectivity index is 2.18. The summed E-state index contributed by atoms with van der Waals surface area (Å²) < 4.78 is 0. The monoisotopic (exact) mass is 286 g/mol. The fourth-order valence-electron chi connectivity index (χ4n) is 2.09. The normalized spacial score (nSPS) is 14.2. The Hall–Kier alpha value is -1.71. The lowest BCUT2D eigenvalue weighted by Gasteiger charge is -2.10. The fourth-order valence-corrected chi connectivity index (χ4v) is 2.44. The van der Waals surface area contributed by atoms with E-state index in [1.807, 2.05) is 48.5 Å². The average molecular weight is 287 g/mol. The lowest BCUT2D eigenvalue weighted by molar-refractivity contribution is 1.31. The van der Waals surface area contributed by atoms with Crippen LogP contribution in [-0.4, -0.2) is 17.2 Å². The van der Waals surface area contributed by atoms with Gasteiger partial charge < -0.3 is 5.32 Å². The van der Waals surface area contributed by atoms with Crippen molar-refractivity contribution >= 4 is 40.2 Å². The van der Waals surface area contributed by atoms with Gasteiger partial charge in [-0.25, -0.2) is 0 Å². The van der Waals surface area contributed by atoms with Gasteiger partial charge in [-0.05, 0) is 18.2 Å². The average Bonchev–Trinajstić information content (AvgIpc) is 2.57. The first-order valence-corrected chi connectivity index (χ1v) is 6.72. The summed E-state index contributed by atoms with van der Waals surface area (Å²) in [6.45, 7) is 0.492. The van der Waals surface area contributed by atoms with Crippen molar-refractivity contribution in [3.05, 3.63) is 64.7 Å². The van der Waals surface area contributed by atoms with Crippen molar-refractivity contribution in [2.24, 2.45) is 4.99 Å². The third-order valence-corrected chi connectivity index (χ3v) is 3.41. The highest BCUT2D eigenvalue weighted by Crippen LogP contribution is 2.26. The van der Waals surface area contributed by atoms with E-state index in [-0.39, 0.29) is 0 Å². The highest BCUT2D eigenvalue weighted by Gasteiger charge is 2.16. The molecule has 0 radical (unpaired) electrons. The third kappa shape index (κ3) is 2.53. The topological polar surface area (TPSA) is 24.4 Å². The van der Waals surface area contributed by atoms with Crippen LogP contribution in [-0.2, 0) is 0 Å². The van der Waals surface area contributed by atoms with Gasteiger partial charge in [-0.3, -0.25) is 4.99 Å². The molecule has 0 amide bonds. The molecule has 0 bridgehead atoms. The molecule has 0 atom stereocenters. The van der Waals surface area contributed by atoms with Crippen molar-refractivity contribution in [1.82, 2.24) is 0 Å². The second-order valence-corrected chi connectivity index (χ2v) is 5.20. The van der Waals surface area contributed by atoms with Crippen LogP contribution in [0, 0.1) is 0 Å². The molecule has 1 heterocycles. The van der Waals surface area contributed by atoms with Crippen LogP contribution in [0.25, 0.3) is 0 Å². The molecule has 0 unspecified atom stereocenters. The number of benzene rings is 2. The van der Waals surface area contributed by atoms with E-state index in [0.717, 1.165) is 22.5 Å². The zero-order valence-corrected chi connectivity index (χ0v) is 11.6. The molecule has 2 aromatic rings. The number of rotatable bonds is 1. The molecule has 0 saturated heterocycles. The van der Waals surface area contributed by atoms with Gasteiger partial charge in [0.25, 0.3) is 0 Å². The maximum absolute atomic E-state index is 6.05. The number of hydrogen-bond donors (Lipinski definition) is 1. The molecule has 0 fully saturated rings. The summed E-state index contributed by atoms with van der Waals surface area (Å²) in [7, 11) is 0. The van der Waals surface area contributed by atoms with Crippen LogP contribution in [0.1, 0.15) is 11.1 Å². The van der Waals surface area contributed by atoms with Crippen LogP contribution < -0.4 is 5.32 Å². The molecular weight excluding hydrogens is 276 g/mol. The summed E-state index contributed by atoms with van der Waals surface area (Å²) >= 11 is 11.3. The van der Waals surface area contributed by atoms with Crippen LogP contribution in [0.3, 0.4) is 0 Å². The second-order valence-electron chi connectivity index (χ2n) is 4.27. The summed E-state index contributed by atoms with van der Waals surface area (Å²) in [5.74, 6) is 0. The summed E-state index contributed by atoms with van der Waals surface area (Å²) in [6, 6.07) is 15.8. The van der Waals surface area contributed by atoms with Crippen LogP contribution >= 0.6 is 23.8 Å². The predicted molar refractivity (Wildman–Crippen MR) is 84.6 cm³/mol. The number of benzodiazepines with no additional fused rings is 1. The number of fused-ring (bicyclic) bond motifs is 1. The van der Waals surface area contributed by atoms with Crippen molar-refractivity contribution in [3.63, 3.8) is 0 Å². The molecule has 1 aliphatic rings. The highest BCUT2D eigenvalue weighted by molar-refractivity contribution is 7.80. The third-order valence-electron chi connectivity index (χ3n) is 2.94. The maximum Gasteiger partial charge on any atom is 0.102 e. The molecule has 0 spiro atoms. The van der Waals surface area contributed by atoms with Crippen molar-refractivity contribution in [2.75, 3.05) is 11.9 Å². The number of anilines is 1. The molecule has 1 N–H and O–H groups in total. The summed E-state index contributed by atoms with van der Waals surface area (Å²) in [4.78, 5) is 5.32. The molecular formula is C15H11ClN2S. The lowest BCUT2D eigenvalue weighted by atomic mass is 10.0. The Morgan fingerprint density at radius 3 is 2.68 bits per heavy atom. The van der Waals surface area contributed by atoms with Crippen molar-refractivity contribution in [2.45, 2.75) is 0 Å². The van der Waals surface area contributed by atoms with Crippen LogP contribution in [0.4, 0.5) is 5.69 Å². The fraction of sp³-hybridized carbons (Fsp3) is 0.0667. The standard InChI is InChI=1S/C15H11ClN2S/c16-11-6-7-12-13(8-11)18-14(19)9-17-15(12)10-4-2-1-3-5-10/h1-8H,9H2,(H,18,19). The Kier molecular flexibility index (Phi) is 3.32. The van der Waals surface area contributed by atoms with Gasteiger partial charge >= 0.3 is 0 Å². The zero-order chi connectivity index (χ0) is 13.2. The molecule has 4 heteroatoms. The first kappa shape index (κ1) is 12.3. The minimum Gasteiger partial charge on any atom is -0.348 e. The van der Waals surface area contributed by atoms with Crippen molar-refractivity contribution in [3.8, 4) is 0 Å². The first-order valence-electron chi connectivity index (χ1n) is 5.94. The van der Waals surface area contributed by atoms with E-state index >= 15 is 0 Å². The lowest BCUT2D eigenvalue weighted by Crippen LogP contribution is -2.10. The van der Waals surface area contributed by atoms with E-state index in [1.165, 1.54) is 0 Å². The number of aliphatic imine (C=N–C) groups is 1. The van der Waals surface area contributed by atoms with Crippen molar-refractivity contribution < 1.29 is 0 Å². The van der Waals surface area contributed by atoms with Crippen LogP contribution in [0.5, 0.6) is 0 Å². The number of hydrogen-bond acceptors (Lipinski definition) is 2. The van der Waals surface area contributed by atoms with Gasteiger partial charge in [0.1, 0.15) is 4.99 Å². The van der Waals surface area contributed by atoms with E-state index in [0.29, 0.717) is 16.6 Å². The predicted octanol–water partition coefficient (Wildman–Crippen LogP) is 3.93. The molecule has 2 nitrogen and oxygen atoms in total. The number of thiocarbonyl (C=S) groups is 1. The summed E-state index contributed by atoms with van der Waals surface area (Å²) in [6.07, 6.45) is 0. The maximum atomic E-state index is 6.05. The van der Waals surface area contributed by atoms with Crippen LogP contribution in [0.15, 0.2) is 53.5 Å². The van der Waals surface area contributed by atoms with E-state index in [9.17, 15) is 0 Å². The second kappa shape index (κ2) is 5.11. The Bertz CT molecular complexity index is 665. The highest BCUT2D eigenvalue weighted by atomic mass is 35.5. The summed E-state index contributed by atoms with van der Waals surface area (Å²) in [5.41, 5.74) is 3.96. The van der Waals surface area contributed by atoms with Gasteiger partial charge in [0.05, 0.1) is 12.3 Å². The van der Waals surface area contributed by atoms with E-state index in [1.54, 1.807) is 0 Å². The minimum atomic E-state index is 0.492. The van der Waals surface area contributed by atoms with Gasteiger partial charge in [-0.1, -0.05) is 54.2 Å². The summed E-state index contributed by atoms with van der Waals surface area (Å²) in [5, 5.41) is 3.88. The molecule has 0 aromatic heterocycles. The minimum absolute atomic E-state index is 0.492. The Morgan fingerprint density at radius 2 is 1.89 bits per heavy atom. The Morgan fingerprint density at radius 1 is 1.11 bits per heavy atom. The number of halogens is 1. The van der Waals surface area contributed by atoms with Gasteiger partial charge in [-0.15, -0.1) is 0 Å². The van der Waals surface area contributed by atoms with Crippen molar-refractivity contribution in [1.29, 1.82) is 0 Å². The van der Waals surface area contributed by atoms with E-state index in [4.69, 9.17) is 23.8 Å². The van der Waals surface area contributed by atoms with E-state index < -0.39 is 0 Å². The SMILES string of the molecule is S=C1CN=C(c2ccccc2)c2ccc(Cl)cc2N1. The first-order chi connectivity index (χ1) is 9.24. The molecule has 94 valence electrons. The molecule has 1 aliphatic heterocycles. The zero-order valence-electron chi connectivity index (χ0n) is 10.1. The molecule has 3 rings (SSSR count). The largest absolute Gasteiger partial charge is 0.348 e. The van der Waals surface area contributed by atoms with Crippen LogP contribution in [0.2, 0.25) is 5.02 Å².